The summed E-state index contributed by atoms with van der Waals surface area (Å²) in [5.41, 5.74) is 4.74. The molecule has 4 heteroatoms. The predicted molar refractivity (Wildman–Crippen MR) is 103 cm³/mol. The highest BCUT2D eigenvalue weighted by molar-refractivity contribution is 5.91. The fourth-order valence-corrected chi connectivity index (χ4v) is 4.21. The second-order valence-corrected chi connectivity index (χ2v) is 9.00. The molecule has 1 aromatic carbocycles. The van der Waals surface area contributed by atoms with Crippen LogP contribution in [-0.4, -0.2) is 15.7 Å². The van der Waals surface area contributed by atoms with Crippen LogP contribution in [0.5, 0.6) is 0 Å². The van der Waals surface area contributed by atoms with Crippen molar-refractivity contribution in [2.75, 3.05) is 0 Å². The molecule has 0 unspecified atom stereocenters. The van der Waals surface area contributed by atoms with Crippen molar-refractivity contribution in [3.63, 3.8) is 0 Å². The highest BCUT2D eigenvalue weighted by Crippen LogP contribution is 2.49. The summed E-state index contributed by atoms with van der Waals surface area (Å²) in [6.07, 6.45) is 6.98. The summed E-state index contributed by atoms with van der Waals surface area (Å²) in [6, 6.07) is 8.78. The number of benzene rings is 1. The van der Waals surface area contributed by atoms with Crippen molar-refractivity contribution in [2.45, 2.75) is 69.7 Å². The van der Waals surface area contributed by atoms with Crippen LogP contribution in [0.4, 0.5) is 0 Å². The van der Waals surface area contributed by atoms with Gasteiger partial charge in [-0.25, -0.2) is 0 Å². The van der Waals surface area contributed by atoms with Gasteiger partial charge in [-0.15, -0.1) is 0 Å². The first-order valence-corrected chi connectivity index (χ1v) is 9.74. The van der Waals surface area contributed by atoms with Crippen molar-refractivity contribution in [3.05, 3.63) is 52.8 Å². The van der Waals surface area contributed by atoms with Crippen LogP contribution < -0.4 is 5.32 Å². The summed E-state index contributed by atoms with van der Waals surface area (Å²) < 4.78 is 1.95. The second kappa shape index (κ2) is 5.97. The van der Waals surface area contributed by atoms with E-state index in [0.29, 0.717) is 0 Å². The Balaban J connectivity index is 1.53. The molecular weight excluding hydrogens is 322 g/mol. The van der Waals surface area contributed by atoms with E-state index < -0.39 is 0 Å². The molecule has 0 saturated heterocycles. The molecule has 1 N–H and O–H groups in total. The maximum Gasteiger partial charge on any atom is 0.231 e. The Labute approximate surface area is 156 Å². The van der Waals surface area contributed by atoms with Gasteiger partial charge in [0.25, 0.3) is 0 Å². The number of carbonyl (C=O) groups excluding carboxylic acids is 1. The number of carbonyl (C=O) groups is 1. The SMILES string of the molecule is Cn1ncc2c1CCC[C@H]2NC(=O)C1(c2ccc(C(C)(C)C)cc2)CC1. The Morgan fingerprint density at radius 1 is 1.23 bits per heavy atom. The zero-order valence-electron chi connectivity index (χ0n) is 16.3. The molecule has 1 heterocycles. The minimum atomic E-state index is -0.323. The molecule has 0 spiro atoms. The number of aromatic nitrogens is 2. The summed E-state index contributed by atoms with van der Waals surface area (Å²) in [5, 5.41) is 7.73. The lowest BCUT2D eigenvalue weighted by atomic mass is 9.84. The molecule has 1 aromatic heterocycles. The standard InChI is InChI=1S/C22H29N3O/c1-21(2,3)15-8-10-16(11-9-15)22(12-13-22)20(26)24-18-6-5-7-19-17(18)14-23-25(19)4/h8-11,14,18H,5-7,12-13H2,1-4H3,(H,24,26)/t18-/m1/s1. The average Bonchev–Trinajstić information content (AvgIpc) is 3.34. The van der Waals surface area contributed by atoms with Gasteiger partial charge in [-0.1, -0.05) is 45.0 Å². The first-order chi connectivity index (χ1) is 12.3. The van der Waals surface area contributed by atoms with Crippen LogP contribution in [0.1, 0.15) is 74.9 Å². The first kappa shape index (κ1) is 17.3. The zero-order valence-corrected chi connectivity index (χ0v) is 16.3. The Bertz CT molecular complexity index is 822. The van der Waals surface area contributed by atoms with E-state index in [2.05, 4.69) is 55.5 Å². The van der Waals surface area contributed by atoms with Crippen molar-refractivity contribution in [1.29, 1.82) is 0 Å². The normalized spacial score (nSPS) is 21.2. The van der Waals surface area contributed by atoms with Gasteiger partial charge in [-0.05, 0) is 48.6 Å². The number of nitrogens with zero attached hydrogens (tertiary/aromatic N) is 2. The fourth-order valence-electron chi connectivity index (χ4n) is 4.21. The second-order valence-electron chi connectivity index (χ2n) is 9.00. The van der Waals surface area contributed by atoms with E-state index in [0.717, 1.165) is 37.7 Å². The Kier molecular flexibility index (Phi) is 3.98. The van der Waals surface area contributed by atoms with Gasteiger partial charge in [0.15, 0.2) is 0 Å². The number of nitrogens with one attached hydrogen (secondary N) is 1. The Hall–Kier alpha value is -2.10. The van der Waals surface area contributed by atoms with E-state index in [1.54, 1.807) is 0 Å². The summed E-state index contributed by atoms with van der Waals surface area (Å²) in [7, 11) is 1.99. The highest BCUT2D eigenvalue weighted by atomic mass is 16.2. The van der Waals surface area contributed by atoms with E-state index in [1.165, 1.54) is 16.8 Å². The maximum atomic E-state index is 13.2. The summed E-state index contributed by atoms with van der Waals surface area (Å²) in [4.78, 5) is 13.2. The molecule has 0 aliphatic heterocycles. The van der Waals surface area contributed by atoms with Gasteiger partial charge in [0.2, 0.25) is 5.91 Å². The Morgan fingerprint density at radius 3 is 2.54 bits per heavy atom. The number of fused-ring (bicyclic) bond motifs is 1. The van der Waals surface area contributed by atoms with Crippen LogP contribution in [0, 0.1) is 0 Å². The summed E-state index contributed by atoms with van der Waals surface area (Å²) >= 11 is 0. The van der Waals surface area contributed by atoms with Crippen molar-refractivity contribution in [2.24, 2.45) is 7.05 Å². The maximum absolute atomic E-state index is 13.2. The van der Waals surface area contributed by atoms with Crippen LogP contribution in [0.2, 0.25) is 0 Å². The van der Waals surface area contributed by atoms with Crippen LogP contribution in [-0.2, 0) is 29.1 Å². The van der Waals surface area contributed by atoms with Gasteiger partial charge in [-0.3, -0.25) is 9.48 Å². The van der Waals surface area contributed by atoms with Crippen LogP contribution in [0.25, 0.3) is 0 Å². The molecule has 2 aliphatic carbocycles. The molecule has 2 aliphatic rings. The molecule has 2 aromatic rings. The molecule has 1 amide bonds. The topological polar surface area (TPSA) is 46.9 Å². The van der Waals surface area contributed by atoms with Crippen molar-refractivity contribution >= 4 is 5.91 Å². The van der Waals surface area contributed by atoms with Crippen molar-refractivity contribution in [3.8, 4) is 0 Å². The molecule has 0 bridgehead atoms. The van der Waals surface area contributed by atoms with Gasteiger partial charge in [0.05, 0.1) is 17.7 Å². The van der Waals surface area contributed by atoms with Crippen molar-refractivity contribution in [1.82, 2.24) is 15.1 Å². The molecule has 26 heavy (non-hydrogen) atoms. The predicted octanol–water partition coefficient (Wildman–Crippen LogP) is 3.94. The van der Waals surface area contributed by atoms with E-state index in [1.807, 2.05) is 17.9 Å². The van der Waals surface area contributed by atoms with E-state index in [4.69, 9.17) is 0 Å². The minimum absolute atomic E-state index is 0.103. The quantitative estimate of drug-likeness (QED) is 0.910. The molecule has 4 nitrogen and oxygen atoms in total. The minimum Gasteiger partial charge on any atom is -0.348 e. The fraction of sp³-hybridized carbons (Fsp3) is 0.545. The molecule has 0 radical (unpaired) electrons. The summed E-state index contributed by atoms with van der Waals surface area (Å²) in [5.74, 6) is 0.183. The average molecular weight is 351 g/mol. The molecule has 138 valence electrons. The third-order valence-corrected chi connectivity index (χ3v) is 6.17. The van der Waals surface area contributed by atoms with Gasteiger partial charge in [-0.2, -0.15) is 5.10 Å². The summed E-state index contributed by atoms with van der Waals surface area (Å²) in [6.45, 7) is 6.66. The third-order valence-electron chi connectivity index (χ3n) is 6.17. The van der Waals surface area contributed by atoms with Crippen LogP contribution in [0.15, 0.2) is 30.5 Å². The van der Waals surface area contributed by atoms with Gasteiger partial charge < -0.3 is 5.32 Å². The van der Waals surface area contributed by atoms with E-state index >= 15 is 0 Å². The molecular formula is C22H29N3O. The number of aryl methyl sites for hydroxylation is 1. The smallest absolute Gasteiger partial charge is 0.231 e. The van der Waals surface area contributed by atoms with E-state index in [9.17, 15) is 4.79 Å². The monoisotopic (exact) mass is 351 g/mol. The number of hydrogen-bond donors (Lipinski definition) is 1. The highest BCUT2D eigenvalue weighted by Gasteiger charge is 2.51. The lowest BCUT2D eigenvalue weighted by Crippen LogP contribution is -2.38. The Morgan fingerprint density at radius 2 is 1.92 bits per heavy atom. The van der Waals surface area contributed by atoms with Gasteiger partial charge in [0.1, 0.15) is 0 Å². The molecule has 1 saturated carbocycles. The third kappa shape index (κ3) is 2.85. The van der Waals surface area contributed by atoms with Gasteiger partial charge in [0, 0.05) is 18.3 Å². The first-order valence-electron chi connectivity index (χ1n) is 9.74. The van der Waals surface area contributed by atoms with E-state index in [-0.39, 0.29) is 22.8 Å². The largest absolute Gasteiger partial charge is 0.348 e. The molecule has 4 rings (SSSR count). The number of amides is 1. The number of rotatable bonds is 3. The molecule has 1 fully saturated rings. The van der Waals surface area contributed by atoms with Crippen LogP contribution in [0.3, 0.4) is 0 Å². The molecule has 1 atom stereocenters. The lowest BCUT2D eigenvalue weighted by molar-refractivity contribution is -0.124. The van der Waals surface area contributed by atoms with Crippen LogP contribution >= 0.6 is 0 Å². The van der Waals surface area contributed by atoms with Gasteiger partial charge >= 0.3 is 0 Å². The lowest BCUT2D eigenvalue weighted by Gasteiger charge is -2.27. The van der Waals surface area contributed by atoms with Crippen molar-refractivity contribution < 1.29 is 4.79 Å². The number of hydrogen-bond acceptors (Lipinski definition) is 2. The zero-order chi connectivity index (χ0) is 18.5.